The molecule has 5 heteroatoms. The quantitative estimate of drug-likeness (QED) is 0.797. The van der Waals surface area contributed by atoms with Gasteiger partial charge in [0.2, 0.25) is 0 Å². The molecule has 0 aromatic carbocycles. The molecule has 100 valence electrons. The van der Waals surface area contributed by atoms with Gasteiger partial charge in [-0.25, -0.2) is 4.98 Å². The fourth-order valence-electron chi connectivity index (χ4n) is 2.55. The van der Waals surface area contributed by atoms with E-state index in [0.717, 1.165) is 24.6 Å². The van der Waals surface area contributed by atoms with E-state index in [9.17, 15) is 0 Å². The van der Waals surface area contributed by atoms with Crippen LogP contribution in [0.5, 0.6) is 0 Å². The minimum absolute atomic E-state index is 0.354. The number of hydrogen-bond donors (Lipinski definition) is 0. The van der Waals surface area contributed by atoms with Crippen molar-refractivity contribution in [3.05, 3.63) is 22.8 Å². The molecular formula is C13H19Cl2N3. The lowest BCUT2D eigenvalue weighted by Gasteiger charge is -2.22. The van der Waals surface area contributed by atoms with Crippen LogP contribution >= 0.6 is 23.2 Å². The van der Waals surface area contributed by atoms with Crippen LogP contribution in [0.3, 0.4) is 0 Å². The molecular weight excluding hydrogens is 269 g/mol. The lowest BCUT2D eigenvalue weighted by atomic mass is 10.1. The summed E-state index contributed by atoms with van der Waals surface area (Å²) in [5.41, 5.74) is 0.761. The van der Waals surface area contributed by atoms with Gasteiger partial charge in [0.05, 0.1) is 16.6 Å². The molecule has 0 radical (unpaired) electrons. The molecule has 1 fully saturated rings. The van der Waals surface area contributed by atoms with Crippen molar-refractivity contribution in [2.24, 2.45) is 5.92 Å². The van der Waals surface area contributed by atoms with Gasteiger partial charge >= 0.3 is 0 Å². The van der Waals surface area contributed by atoms with Crippen LogP contribution in [-0.4, -0.2) is 43.1 Å². The van der Waals surface area contributed by atoms with Gasteiger partial charge in [-0.15, -0.1) is 11.6 Å². The van der Waals surface area contributed by atoms with E-state index < -0.39 is 0 Å². The van der Waals surface area contributed by atoms with Gasteiger partial charge in [-0.3, -0.25) is 0 Å². The molecule has 1 aromatic rings. The molecule has 1 aromatic heterocycles. The topological polar surface area (TPSA) is 19.4 Å². The van der Waals surface area contributed by atoms with E-state index in [2.05, 4.69) is 35.8 Å². The summed E-state index contributed by atoms with van der Waals surface area (Å²) in [7, 11) is 4.26. The Morgan fingerprint density at radius 2 is 2.11 bits per heavy atom. The van der Waals surface area contributed by atoms with Crippen LogP contribution in [0.1, 0.15) is 12.6 Å². The highest BCUT2D eigenvalue weighted by Gasteiger charge is 2.31. The van der Waals surface area contributed by atoms with Gasteiger partial charge in [0.15, 0.2) is 0 Å². The molecule has 0 amide bonds. The summed E-state index contributed by atoms with van der Waals surface area (Å²) in [6.45, 7) is 4.31. The normalized spacial score (nSPS) is 24.0. The van der Waals surface area contributed by atoms with E-state index in [4.69, 9.17) is 23.2 Å². The highest BCUT2D eigenvalue weighted by Crippen LogP contribution is 2.27. The zero-order valence-electron chi connectivity index (χ0n) is 11.0. The first-order valence-corrected chi connectivity index (χ1v) is 7.07. The minimum Gasteiger partial charge on any atom is -0.355 e. The Labute approximate surface area is 119 Å². The lowest BCUT2D eigenvalue weighted by Crippen LogP contribution is -2.34. The van der Waals surface area contributed by atoms with Crippen molar-refractivity contribution in [2.45, 2.75) is 18.8 Å². The SMILES string of the molecule is CC1CN(c2ccc(Cl)c(CCl)n2)CC1N(C)C. The Balaban J connectivity index is 2.18. The van der Waals surface area contributed by atoms with Crippen molar-refractivity contribution in [1.29, 1.82) is 0 Å². The molecule has 2 rings (SSSR count). The predicted octanol–water partition coefficient (Wildman–Crippen LogP) is 2.86. The number of halogens is 2. The Kier molecular flexibility index (Phi) is 4.36. The van der Waals surface area contributed by atoms with Gasteiger partial charge < -0.3 is 9.80 Å². The molecule has 2 atom stereocenters. The molecule has 1 aliphatic rings. The van der Waals surface area contributed by atoms with Crippen LogP contribution in [0, 0.1) is 5.92 Å². The number of rotatable bonds is 3. The Hall–Kier alpha value is -0.510. The van der Waals surface area contributed by atoms with Crippen molar-refractivity contribution in [3.63, 3.8) is 0 Å². The largest absolute Gasteiger partial charge is 0.355 e. The number of likely N-dealkylation sites (N-methyl/N-ethyl adjacent to an activating group) is 1. The summed E-state index contributed by atoms with van der Waals surface area (Å²) in [5, 5.41) is 0.644. The first-order chi connectivity index (χ1) is 8.52. The van der Waals surface area contributed by atoms with Gasteiger partial charge in [-0.1, -0.05) is 18.5 Å². The van der Waals surface area contributed by atoms with Gasteiger partial charge in [0, 0.05) is 19.1 Å². The number of hydrogen-bond acceptors (Lipinski definition) is 3. The smallest absolute Gasteiger partial charge is 0.129 e. The molecule has 0 aliphatic carbocycles. The van der Waals surface area contributed by atoms with Crippen molar-refractivity contribution in [1.82, 2.24) is 9.88 Å². The first kappa shape index (κ1) is 13.9. The molecule has 1 saturated heterocycles. The van der Waals surface area contributed by atoms with E-state index in [1.807, 2.05) is 12.1 Å². The standard InChI is InChI=1S/C13H19Cl2N3/c1-9-7-18(8-12(9)17(2)3)13-5-4-10(15)11(6-14)16-13/h4-5,9,12H,6-8H2,1-3H3. The molecule has 0 spiro atoms. The fourth-order valence-corrected chi connectivity index (χ4v) is 3.00. The summed E-state index contributed by atoms with van der Waals surface area (Å²) in [6.07, 6.45) is 0. The van der Waals surface area contributed by atoms with Crippen molar-refractivity contribution in [3.8, 4) is 0 Å². The maximum Gasteiger partial charge on any atom is 0.129 e. The van der Waals surface area contributed by atoms with E-state index in [0.29, 0.717) is 22.9 Å². The molecule has 18 heavy (non-hydrogen) atoms. The van der Waals surface area contributed by atoms with Crippen LogP contribution in [0.25, 0.3) is 0 Å². The van der Waals surface area contributed by atoms with Crippen LogP contribution in [0.2, 0.25) is 5.02 Å². The minimum atomic E-state index is 0.354. The lowest BCUT2D eigenvalue weighted by molar-refractivity contribution is 0.266. The van der Waals surface area contributed by atoms with Crippen LogP contribution in [0.4, 0.5) is 5.82 Å². The maximum atomic E-state index is 6.04. The Morgan fingerprint density at radius 3 is 2.67 bits per heavy atom. The van der Waals surface area contributed by atoms with Crippen LogP contribution in [-0.2, 0) is 5.88 Å². The average molecular weight is 288 g/mol. The second kappa shape index (κ2) is 5.64. The summed E-state index contributed by atoms with van der Waals surface area (Å²) >= 11 is 11.9. The molecule has 0 N–H and O–H groups in total. The van der Waals surface area contributed by atoms with Crippen molar-refractivity contribution in [2.75, 3.05) is 32.1 Å². The summed E-state index contributed by atoms with van der Waals surface area (Å²) in [6, 6.07) is 4.43. The molecule has 0 saturated carbocycles. The maximum absolute atomic E-state index is 6.04. The molecule has 0 bridgehead atoms. The highest BCUT2D eigenvalue weighted by molar-refractivity contribution is 6.32. The second-order valence-corrected chi connectivity index (χ2v) is 5.82. The van der Waals surface area contributed by atoms with Crippen LogP contribution in [0.15, 0.2) is 12.1 Å². The monoisotopic (exact) mass is 287 g/mol. The number of nitrogens with zero attached hydrogens (tertiary/aromatic N) is 3. The number of aromatic nitrogens is 1. The van der Waals surface area contributed by atoms with E-state index in [-0.39, 0.29) is 0 Å². The van der Waals surface area contributed by atoms with E-state index in [1.165, 1.54) is 0 Å². The summed E-state index contributed by atoms with van der Waals surface area (Å²) < 4.78 is 0. The number of anilines is 1. The zero-order valence-corrected chi connectivity index (χ0v) is 12.5. The number of pyridine rings is 1. The first-order valence-electron chi connectivity index (χ1n) is 6.15. The third-order valence-electron chi connectivity index (χ3n) is 3.59. The summed E-state index contributed by atoms with van der Waals surface area (Å²) in [4.78, 5) is 9.13. The summed E-state index contributed by atoms with van der Waals surface area (Å²) in [5.74, 6) is 1.97. The van der Waals surface area contributed by atoms with Crippen molar-refractivity contribution < 1.29 is 0 Å². The Bertz CT molecular complexity index is 423. The number of alkyl halides is 1. The van der Waals surface area contributed by atoms with E-state index in [1.54, 1.807) is 0 Å². The molecule has 3 nitrogen and oxygen atoms in total. The average Bonchev–Trinajstić information content (AvgIpc) is 2.72. The third kappa shape index (κ3) is 2.73. The predicted molar refractivity (Wildman–Crippen MR) is 77.7 cm³/mol. The zero-order chi connectivity index (χ0) is 13.3. The highest BCUT2D eigenvalue weighted by atomic mass is 35.5. The molecule has 2 unspecified atom stereocenters. The van der Waals surface area contributed by atoms with Gasteiger partial charge in [0.1, 0.15) is 5.82 Å². The van der Waals surface area contributed by atoms with Crippen molar-refractivity contribution >= 4 is 29.0 Å². The molecule has 1 aliphatic heterocycles. The Morgan fingerprint density at radius 1 is 1.39 bits per heavy atom. The van der Waals surface area contributed by atoms with E-state index >= 15 is 0 Å². The molecule has 2 heterocycles. The van der Waals surface area contributed by atoms with Gasteiger partial charge in [-0.2, -0.15) is 0 Å². The third-order valence-corrected chi connectivity index (χ3v) is 4.19. The second-order valence-electron chi connectivity index (χ2n) is 5.14. The van der Waals surface area contributed by atoms with Gasteiger partial charge in [0.25, 0.3) is 0 Å². The van der Waals surface area contributed by atoms with Gasteiger partial charge in [-0.05, 0) is 32.1 Å². The fraction of sp³-hybridized carbons (Fsp3) is 0.615. The van der Waals surface area contributed by atoms with Crippen LogP contribution < -0.4 is 4.90 Å².